The molecule has 0 spiro atoms. The maximum Gasteiger partial charge on any atom is 0.408 e. The van der Waals surface area contributed by atoms with Gasteiger partial charge in [-0.15, -0.1) is 0 Å². The van der Waals surface area contributed by atoms with Crippen LogP contribution in [0.5, 0.6) is 0 Å². The molecule has 0 radical (unpaired) electrons. The van der Waals surface area contributed by atoms with Gasteiger partial charge in [0.1, 0.15) is 6.04 Å². The Labute approximate surface area is 140 Å². The van der Waals surface area contributed by atoms with Crippen molar-refractivity contribution in [1.29, 1.82) is 0 Å². The normalized spacial score (nSPS) is 20.1. The summed E-state index contributed by atoms with van der Waals surface area (Å²) in [4.78, 5) is 23.6. The maximum atomic E-state index is 11.3. The molecule has 5 heteroatoms. The first-order chi connectivity index (χ1) is 11.6. The average Bonchev–Trinajstić information content (AvgIpc) is 3.01. The summed E-state index contributed by atoms with van der Waals surface area (Å²) in [7, 11) is 0. The van der Waals surface area contributed by atoms with E-state index in [0.717, 1.165) is 21.6 Å². The standard InChI is InChI=1S/C19H19NO4/c21-18(22)17-11-13(12-20(17)19(23)24)10-15-8-4-5-9-16(15)14-6-2-1-3-7-14/h1-9,13,17H,10-12H2,(H,21,22)(H,23,24). The zero-order chi connectivity index (χ0) is 17.1. The fourth-order valence-electron chi connectivity index (χ4n) is 3.42. The molecule has 1 aliphatic rings. The monoisotopic (exact) mass is 325 g/mol. The van der Waals surface area contributed by atoms with E-state index >= 15 is 0 Å². The zero-order valence-electron chi connectivity index (χ0n) is 13.1. The molecule has 0 bridgehead atoms. The summed E-state index contributed by atoms with van der Waals surface area (Å²) in [5.74, 6) is -1.07. The van der Waals surface area contributed by atoms with Crippen LogP contribution in [-0.4, -0.2) is 39.8 Å². The van der Waals surface area contributed by atoms with Gasteiger partial charge in [-0.1, -0.05) is 54.6 Å². The number of carboxylic acids is 1. The van der Waals surface area contributed by atoms with Gasteiger partial charge in [-0.25, -0.2) is 9.59 Å². The van der Waals surface area contributed by atoms with Crippen LogP contribution in [0.3, 0.4) is 0 Å². The van der Waals surface area contributed by atoms with E-state index in [4.69, 9.17) is 0 Å². The minimum absolute atomic E-state index is 0.00654. The molecule has 1 fully saturated rings. The number of benzene rings is 2. The van der Waals surface area contributed by atoms with Crippen LogP contribution in [0.15, 0.2) is 54.6 Å². The van der Waals surface area contributed by atoms with Crippen LogP contribution in [0.2, 0.25) is 0 Å². The predicted molar refractivity (Wildman–Crippen MR) is 89.8 cm³/mol. The van der Waals surface area contributed by atoms with E-state index in [1.807, 2.05) is 54.6 Å². The van der Waals surface area contributed by atoms with Gasteiger partial charge in [0.25, 0.3) is 0 Å². The SMILES string of the molecule is O=C(O)C1CC(Cc2ccccc2-c2ccccc2)CN1C(=O)O. The molecule has 2 atom stereocenters. The highest BCUT2D eigenvalue weighted by molar-refractivity contribution is 5.80. The lowest BCUT2D eigenvalue weighted by Gasteiger charge is -2.17. The molecule has 1 aliphatic heterocycles. The Morgan fingerprint density at radius 2 is 1.67 bits per heavy atom. The molecule has 2 unspecified atom stereocenters. The summed E-state index contributed by atoms with van der Waals surface area (Å²) in [6.45, 7) is 0.259. The molecule has 0 aliphatic carbocycles. The first-order valence-electron chi connectivity index (χ1n) is 7.92. The third-order valence-corrected chi connectivity index (χ3v) is 4.53. The second kappa shape index (κ2) is 6.74. The van der Waals surface area contributed by atoms with Gasteiger partial charge in [0.05, 0.1) is 0 Å². The van der Waals surface area contributed by atoms with Crippen molar-refractivity contribution in [2.45, 2.75) is 18.9 Å². The summed E-state index contributed by atoms with van der Waals surface area (Å²) in [5.41, 5.74) is 3.33. The fourth-order valence-corrected chi connectivity index (χ4v) is 3.42. The van der Waals surface area contributed by atoms with E-state index in [1.165, 1.54) is 0 Å². The summed E-state index contributed by atoms with van der Waals surface area (Å²) in [5, 5.41) is 18.5. The molecule has 1 heterocycles. The first-order valence-corrected chi connectivity index (χ1v) is 7.92. The lowest BCUT2D eigenvalue weighted by atomic mass is 9.91. The second-order valence-corrected chi connectivity index (χ2v) is 6.12. The molecule has 0 saturated carbocycles. The number of hydrogen-bond acceptors (Lipinski definition) is 2. The highest BCUT2D eigenvalue weighted by atomic mass is 16.4. The highest BCUT2D eigenvalue weighted by Gasteiger charge is 2.39. The Balaban J connectivity index is 1.83. The quantitative estimate of drug-likeness (QED) is 0.903. The number of hydrogen-bond donors (Lipinski definition) is 2. The largest absolute Gasteiger partial charge is 0.480 e. The fraction of sp³-hybridized carbons (Fsp3) is 0.263. The topological polar surface area (TPSA) is 77.8 Å². The van der Waals surface area contributed by atoms with Crippen molar-refractivity contribution in [2.24, 2.45) is 5.92 Å². The molecule has 2 aromatic rings. The Kier molecular flexibility index (Phi) is 4.51. The van der Waals surface area contributed by atoms with Gasteiger partial charge in [0, 0.05) is 6.54 Å². The highest BCUT2D eigenvalue weighted by Crippen LogP contribution is 2.31. The molecule has 24 heavy (non-hydrogen) atoms. The van der Waals surface area contributed by atoms with Crippen LogP contribution in [0, 0.1) is 5.92 Å². The van der Waals surface area contributed by atoms with Crippen LogP contribution in [-0.2, 0) is 11.2 Å². The van der Waals surface area contributed by atoms with E-state index in [-0.39, 0.29) is 12.5 Å². The Morgan fingerprint density at radius 3 is 2.29 bits per heavy atom. The Bertz CT molecular complexity index is 722. The lowest BCUT2D eigenvalue weighted by molar-refractivity contribution is -0.141. The minimum Gasteiger partial charge on any atom is -0.480 e. The van der Waals surface area contributed by atoms with Crippen molar-refractivity contribution < 1.29 is 19.8 Å². The van der Waals surface area contributed by atoms with Gasteiger partial charge < -0.3 is 10.2 Å². The number of aliphatic carboxylic acids is 1. The molecule has 0 aromatic heterocycles. The number of amides is 1. The van der Waals surface area contributed by atoms with E-state index in [0.29, 0.717) is 12.8 Å². The van der Waals surface area contributed by atoms with E-state index in [2.05, 4.69) is 0 Å². The first kappa shape index (κ1) is 16.1. The van der Waals surface area contributed by atoms with Crippen molar-refractivity contribution >= 4 is 12.1 Å². The molecule has 2 N–H and O–H groups in total. The van der Waals surface area contributed by atoms with Crippen molar-refractivity contribution in [3.8, 4) is 11.1 Å². The van der Waals surface area contributed by atoms with Crippen molar-refractivity contribution in [1.82, 2.24) is 4.90 Å². The molecule has 3 rings (SSSR count). The number of carbonyl (C=O) groups is 2. The molecule has 124 valence electrons. The summed E-state index contributed by atoms with van der Waals surface area (Å²) in [6, 6.07) is 17.1. The molecule has 2 aromatic carbocycles. The van der Waals surface area contributed by atoms with Gasteiger partial charge >= 0.3 is 12.1 Å². The van der Waals surface area contributed by atoms with Crippen LogP contribution in [0.25, 0.3) is 11.1 Å². The van der Waals surface area contributed by atoms with E-state index in [1.54, 1.807) is 0 Å². The predicted octanol–water partition coefficient (Wildman–Crippen LogP) is 3.35. The molecule has 1 saturated heterocycles. The minimum atomic E-state index is -1.17. The van der Waals surface area contributed by atoms with Crippen molar-refractivity contribution in [3.05, 3.63) is 60.2 Å². The number of rotatable bonds is 4. The van der Waals surface area contributed by atoms with Gasteiger partial charge in [-0.3, -0.25) is 4.90 Å². The molecule has 5 nitrogen and oxygen atoms in total. The van der Waals surface area contributed by atoms with Gasteiger partial charge in [0.2, 0.25) is 0 Å². The lowest BCUT2D eigenvalue weighted by Crippen LogP contribution is -2.39. The van der Waals surface area contributed by atoms with Crippen LogP contribution >= 0.6 is 0 Å². The van der Waals surface area contributed by atoms with E-state index in [9.17, 15) is 19.8 Å². The van der Waals surface area contributed by atoms with Gasteiger partial charge in [0.15, 0.2) is 0 Å². The maximum absolute atomic E-state index is 11.3. The number of nitrogens with zero attached hydrogens (tertiary/aromatic N) is 1. The summed E-state index contributed by atoms with van der Waals surface area (Å²) < 4.78 is 0. The van der Waals surface area contributed by atoms with Crippen molar-refractivity contribution in [3.63, 3.8) is 0 Å². The molecule has 1 amide bonds. The summed E-state index contributed by atoms with van der Waals surface area (Å²) >= 11 is 0. The van der Waals surface area contributed by atoms with Gasteiger partial charge in [-0.2, -0.15) is 0 Å². The number of likely N-dealkylation sites (tertiary alicyclic amines) is 1. The molecular weight excluding hydrogens is 306 g/mol. The second-order valence-electron chi connectivity index (χ2n) is 6.12. The average molecular weight is 325 g/mol. The van der Waals surface area contributed by atoms with Gasteiger partial charge in [-0.05, 0) is 35.4 Å². The smallest absolute Gasteiger partial charge is 0.408 e. The summed E-state index contributed by atoms with van der Waals surface area (Å²) in [6.07, 6.45) is -0.148. The van der Waals surface area contributed by atoms with E-state index < -0.39 is 18.1 Å². The van der Waals surface area contributed by atoms with Crippen molar-refractivity contribution in [2.75, 3.05) is 6.54 Å². The van der Waals surface area contributed by atoms with Crippen LogP contribution < -0.4 is 0 Å². The molecular formula is C19H19NO4. The third kappa shape index (κ3) is 3.25. The van der Waals surface area contributed by atoms with Crippen LogP contribution in [0.1, 0.15) is 12.0 Å². The Hall–Kier alpha value is -2.82. The third-order valence-electron chi connectivity index (χ3n) is 4.53. The number of carboxylic acid groups (broad SMARTS) is 2. The zero-order valence-corrected chi connectivity index (χ0v) is 13.1. The van der Waals surface area contributed by atoms with Crippen LogP contribution in [0.4, 0.5) is 4.79 Å². The Morgan fingerprint density at radius 1 is 1.00 bits per heavy atom.